The molecule has 0 saturated heterocycles. The molecule has 5 heteroatoms. The fourth-order valence-corrected chi connectivity index (χ4v) is 10.5. The number of nitrogens with zero attached hydrogens (tertiary/aromatic N) is 2. The van der Waals surface area contributed by atoms with E-state index in [1.54, 1.807) is 0 Å². The highest BCUT2D eigenvalue weighted by molar-refractivity contribution is 7.01. The molecule has 0 fully saturated rings. The summed E-state index contributed by atoms with van der Waals surface area (Å²) in [5, 5.41) is 4.51. The third kappa shape index (κ3) is 6.47. The molecule has 0 spiro atoms. The molecule has 0 bridgehead atoms. The largest absolute Gasteiger partial charge is 0.458 e. The number of anilines is 6. The summed E-state index contributed by atoms with van der Waals surface area (Å²) in [5.74, 6) is 3.25. The molecular formula is C62H41BN2O2. The minimum Gasteiger partial charge on any atom is -0.458 e. The van der Waals surface area contributed by atoms with Crippen LogP contribution < -0.4 is 35.7 Å². The average molecular weight is 857 g/mol. The molecule has 2 aliphatic rings. The van der Waals surface area contributed by atoms with Crippen molar-refractivity contribution in [2.75, 3.05) is 9.80 Å². The van der Waals surface area contributed by atoms with Gasteiger partial charge < -0.3 is 19.3 Å². The molecule has 0 aliphatic carbocycles. The second-order valence-electron chi connectivity index (χ2n) is 17.2. The standard InChI is InChI=1S/C62H41BN2O2/c1-5-21-42(22-6-1)44-25-19-30-47(39-44)64(45-26-9-3-10-27-45)54-40-58-60(51-34-15-13-32-49(51)54)63-61-52-35-16-14-33-50(52)55(41-59(61)67-57-38-20-37-56(66-58)62(57)63)65(46-28-11-4-12-29-46)53-36-18-17-31-48(53)43-23-7-2-8-24-43/h1-41H. The number of benzene rings is 11. The number of fused-ring (bicyclic) bond motifs is 8. The lowest BCUT2D eigenvalue weighted by molar-refractivity contribution is 0.465. The maximum absolute atomic E-state index is 7.15. The monoisotopic (exact) mass is 856 g/mol. The molecule has 13 rings (SSSR count). The first-order valence-electron chi connectivity index (χ1n) is 22.9. The van der Waals surface area contributed by atoms with Gasteiger partial charge in [0.1, 0.15) is 23.0 Å². The molecule has 2 heterocycles. The van der Waals surface area contributed by atoms with Crippen LogP contribution in [0.3, 0.4) is 0 Å². The van der Waals surface area contributed by atoms with Crippen LogP contribution in [-0.4, -0.2) is 6.71 Å². The van der Waals surface area contributed by atoms with Crippen molar-refractivity contribution in [1.29, 1.82) is 0 Å². The van der Waals surface area contributed by atoms with Crippen molar-refractivity contribution in [2.24, 2.45) is 0 Å². The van der Waals surface area contributed by atoms with Crippen molar-refractivity contribution in [3.05, 3.63) is 249 Å². The van der Waals surface area contributed by atoms with Crippen molar-refractivity contribution < 1.29 is 9.47 Å². The Kier molecular flexibility index (Phi) is 9.24. The fraction of sp³-hybridized carbons (Fsp3) is 0. The van der Waals surface area contributed by atoms with Crippen LogP contribution in [0.25, 0.3) is 43.8 Å². The lowest BCUT2D eigenvalue weighted by atomic mass is 9.33. The molecule has 0 unspecified atom stereocenters. The van der Waals surface area contributed by atoms with Crippen LogP contribution in [0.1, 0.15) is 0 Å². The molecule has 314 valence electrons. The number of hydrogen-bond donors (Lipinski definition) is 0. The predicted molar refractivity (Wildman–Crippen MR) is 279 cm³/mol. The molecule has 0 radical (unpaired) electrons. The van der Waals surface area contributed by atoms with E-state index in [1.807, 2.05) is 6.07 Å². The minimum atomic E-state index is -0.190. The Balaban J connectivity index is 1.05. The van der Waals surface area contributed by atoms with E-state index in [2.05, 4.69) is 252 Å². The van der Waals surface area contributed by atoms with Crippen LogP contribution in [0.15, 0.2) is 249 Å². The number of para-hydroxylation sites is 3. The zero-order chi connectivity index (χ0) is 44.3. The first-order valence-corrected chi connectivity index (χ1v) is 22.9. The molecular weight excluding hydrogens is 816 g/mol. The number of ether oxygens (including phenoxy) is 2. The Labute approximate surface area is 390 Å². The summed E-state index contributed by atoms with van der Waals surface area (Å²) in [5.41, 5.74) is 14.2. The molecule has 67 heavy (non-hydrogen) atoms. The van der Waals surface area contributed by atoms with Gasteiger partial charge in [-0.3, -0.25) is 0 Å². The van der Waals surface area contributed by atoms with Gasteiger partial charge in [-0.1, -0.05) is 182 Å². The fourth-order valence-electron chi connectivity index (χ4n) is 10.5. The van der Waals surface area contributed by atoms with Gasteiger partial charge in [0.25, 0.3) is 6.71 Å². The summed E-state index contributed by atoms with van der Waals surface area (Å²) in [6.45, 7) is -0.190. The van der Waals surface area contributed by atoms with E-state index in [0.29, 0.717) is 0 Å². The highest BCUT2D eigenvalue weighted by Gasteiger charge is 2.43. The van der Waals surface area contributed by atoms with E-state index >= 15 is 0 Å². The Morgan fingerprint density at radius 1 is 0.269 bits per heavy atom. The van der Waals surface area contributed by atoms with E-state index < -0.39 is 0 Å². The molecule has 0 atom stereocenters. The molecule has 0 amide bonds. The number of hydrogen-bond acceptors (Lipinski definition) is 4. The Bertz CT molecular complexity index is 3660. The quantitative estimate of drug-likeness (QED) is 0.142. The van der Waals surface area contributed by atoms with Crippen molar-refractivity contribution >= 4 is 78.8 Å². The van der Waals surface area contributed by atoms with Crippen LogP contribution in [0.2, 0.25) is 0 Å². The summed E-state index contributed by atoms with van der Waals surface area (Å²) < 4.78 is 14.3. The predicted octanol–water partition coefficient (Wildman–Crippen LogP) is 15.0. The lowest BCUT2D eigenvalue weighted by Gasteiger charge is -2.37. The van der Waals surface area contributed by atoms with Crippen molar-refractivity contribution in [3.8, 4) is 45.3 Å². The third-order valence-corrected chi connectivity index (χ3v) is 13.3. The molecule has 0 N–H and O–H groups in total. The lowest BCUT2D eigenvalue weighted by Crippen LogP contribution is -2.58. The summed E-state index contributed by atoms with van der Waals surface area (Å²) in [4.78, 5) is 4.76. The van der Waals surface area contributed by atoms with Gasteiger partial charge in [0.15, 0.2) is 0 Å². The zero-order valence-corrected chi connectivity index (χ0v) is 36.5. The van der Waals surface area contributed by atoms with Crippen molar-refractivity contribution in [3.63, 3.8) is 0 Å². The van der Waals surface area contributed by atoms with Crippen LogP contribution in [0.4, 0.5) is 34.1 Å². The van der Waals surface area contributed by atoms with Gasteiger partial charge in [-0.25, -0.2) is 0 Å². The summed E-state index contributed by atoms with van der Waals surface area (Å²) >= 11 is 0. The van der Waals surface area contributed by atoms with E-state index in [4.69, 9.17) is 9.47 Å². The Hall–Kier alpha value is -8.80. The van der Waals surface area contributed by atoms with Gasteiger partial charge in [0.2, 0.25) is 0 Å². The van der Waals surface area contributed by atoms with Gasteiger partial charge in [-0.05, 0) is 93.0 Å². The number of rotatable bonds is 8. The molecule has 11 aromatic carbocycles. The van der Waals surface area contributed by atoms with Gasteiger partial charge in [0.05, 0.1) is 17.1 Å². The summed E-state index contributed by atoms with van der Waals surface area (Å²) in [6, 6.07) is 88.5. The van der Waals surface area contributed by atoms with Crippen LogP contribution >= 0.6 is 0 Å². The summed E-state index contributed by atoms with van der Waals surface area (Å²) in [7, 11) is 0. The van der Waals surface area contributed by atoms with E-state index in [9.17, 15) is 0 Å². The van der Waals surface area contributed by atoms with Gasteiger partial charge in [0, 0.05) is 51.0 Å². The highest BCUT2D eigenvalue weighted by atomic mass is 16.5. The molecule has 4 nitrogen and oxygen atoms in total. The smallest absolute Gasteiger partial charge is 0.262 e. The summed E-state index contributed by atoms with van der Waals surface area (Å²) in [6.07, 6.45) is 0. The van der Waals surface area contributed by atoms with E-state index in [1.165, 1.54) is 5.56 Å². The third-order valence-electron chi connectivity index (χ3n) is 13.3. The van der Waals surface area contributed by atoms with Crippen LogP contribution in [0.5, 0.6) is 23.0 Å². The second kappa shape index (κ2) is 16.0. The minimum absolute atomic E-state index is 0.190. The SMILES string of the molecule is c1ccc(-c2cccc(N(c3ccccc3)c3cc4c(c5ccccc35)B3c5c(cccc5Oc5cc(N(c6ccccc6)c6ccccc6-c6ccccc6)c6ccccc6c53)O4)c2)cc1. The topological polar surface area (TPSA) is 24.9 Å². The van der Waals surface area contributed by atoms with E-state index in [-0.39, 0.29) is 6.71 Å². The maximum atomic E-state index is 7.15. The van der Waals surface area contributed by atoms with Crippen molar-refractivity contribution in [1.82, 2.24) is 0 Å². The molecule has 11 aromatic rings. The molecule has 0 saturated carbocycles. The van der Waals surface area contributed by atoms with Gasteiger partial charge in [-0.2, -0.15) is 0 Å². The Morgan fingerprint density at radius 3 is 1.30 bits per heavy atom. The van der Waals surface area contributed by atoms with Crippen LogP contribution in [0, 0.1) is 0 Å². The zero-order valence-electron chi connectivity index (χ0n) is 36.5. The second-order valence-corrected chi connectivity index (χ2v) is 17.2. The first-order chi connectivity index (χ1) is 33.3. The highest BCUT2D eigenvalue weighted by Crippen LogP contribution is 2.48. The maximum Gasteiger partial charge on any atom is 0.262 e. The van der Waals surface area contributed by atoms with Crippen molar-refractivity contribution in [2.45, 2.75) is 0 Å². The Morgan fingerprint density at radius 2 is 0.701 bits per heavy atom. The molecule has 0 aromatic heterocycles. The molecule has 2 aliphatic heterocycles. The van der Waals surface area contributed by atoms with Gasteiger partial charge in [-0.15, -0.1) is 0 Å². The van der Waals surface area contributed by atoms with E-state index in [0.717, 1.165) is 112 Å². The van der Waals surface area contributed by atoms with Crippen LogP contribution in [-0.2, 0) is 0 Å². The first kappa shape index (κ1) is 38.6. The average Bonchev–Trinajstić information content (AvgIpc) is 3.40. The normalized spacial score (nSPS) is 12.1. The van der Waals surface area contributed by atoms with Gasteiger partial charge >= 0.3 is 0 Å².